The summed E-state index contributed by atoms with van der Waals surface area (Å²) in [5, 5.41) is 10.5. The second-order valence-corrected chi connectivity index (χ2v) is 11.6. The van der Waals surface area contributed by atoms with Crippen LogP contribution in [0.5, 0.6) is 0 Å². The quantitative estimate of drug-likeness (QED) is 0.363. The number of hydrogen-bond acceptors (Lipinski definition) is 4. The highest BCUT2D eigenvalue weighted by Gasteiger charge is 2.54. The van der Waals surface area contributed by atoms with Crippen LogP contribution >= 0.6 is 23.4 Å². The summed E-state index contributed by atoms with van der Waals surface area (Å²) in [6, 6.07) is 18.0. The highest BCUT2D eigenvalue weighted by Crippen LogP contribution is 2.60. The van der Waals surface area contributed by atoms with Crippen molar-refractivity contribution in [1.29, 1.82) is 0 Å². The van der Waals surface area contributed by atoms with Crippen LogP contribution in [0.4, 0.5) is 0 Å². The van der Waals surface area contributed by atoms with Crippen LogP contribution in [0.1, 0.15) is 44.1 Å². The first-order valence-corrected chi connectivity index (χ1v) is 13.3. The number of aromatic nitrogens is 3. The zero-order chi connectivity index (χ0) is 22.4. The number of hydrogen-bond donors (Lipinski definition) is 0. The van der Waals surface area contributed by atoms with Gasteiger partial charge in [-0.3, -0.25) is 9.36 Å². The van der Waals surface area contributed by atoms with Gasteiger partial charge >= 0.3 is 0 Å². The van der Waals surface area contributed by atoms with E-state index < -0.39 is 0 Å². The minimum atomic E-state index is -0.0718. The number of benzene rings is 2. The van der Waals surface area contributed by atoms with Crippen molar-refractivity contribution in [3.8, 4) is 11.4 Å². The third kappa shape index (κ3) is 4.04. The third-order valence-corrected chi connectivity index (χ3v) is 9.27. The molecule has 6 heteroatoms. The lowest BCUT2D eigenvalue weighted by molar-refractivity contribution is -0.141. The van der Waals surface area contributed by atoms with E-state index in [4.69, 9.17) is 11.6 Å². The average Bonchev–Trinajstić information content (AvgIpc) is 3.19. The monoisotopic (exact) mass is 477 g/mol. The molecule has 0 aliphatic heterocycles. The smallest absolute Gasteiger partial charge is 0.192 e. The van der Waals surface area contributed by atoms with Gasteiger partial charge in [-0.1, -0.05) is 65.8 Å². The average molecular weight is 478 g/mol. The summed E-state index contributed by atoms with van der Waals surface area (Å²) < 4.78 is 2.11. The molecule has 1 aromatic heterocycles. The fraction of sp³-hybridized carbons (Fsp3) is 0.444. The molecule has 1 heterocycles. The first kappa shape index (κ1) is 21.4. The standard InChI is InChI=1S/C27H28ClN3OS/c28-23-9-5-4-8-22(23)25-29-30-26(31(25)16-18-6-2-1-3-7-18)33-17-24(32)27-13-19-10-20(14-27)12-21(11-19)15-27/h1-9,19-21H,10-17H2. The minimum Gasteiger partial charge on any atom is -0.298 e. The Morgan fingerprint density at radius 3 is 2.24 bits per heavy atom. The lowest BCUT2D eigenvalue weighted by Gasteiger charge is -2.56. The van der Waals surface area contributed by atoms with Crippen molar-refractivity contribution in [3.63, 3.8) is 0 Å². The number of halogens is 1. The van der Waals surface area contributed by atoms with Gasteiger partial charge in [-0.05, 0) is 74.0 Å². The van der Waals surface area contributed by atoms with Crippen LogP contribution in [0.3, 0.4) is 0 Å². The Hall–Kier alpha value is -2.11. The van der Waals surface area contributed by atoms with Gasteiger partial charge < -0.3 is 0 Å². The second kappa shape index (κ2) is 8.59. The number of ketones is 1. The molecule has 0 spiro atoms. The van der Waals surface area contributed by atoms with Gasteiger partial charge in [0, 0.05) is 11.0 Å². The lowest BCUT2D eigenvalue weighted by Crippen LogP contribution is -2.50. The molecule has 0 radical (unpaired) electrons. The van der Waals surface area contributed by atoms with Crippen LogP contribution in [-0.2, 0) is 11.3 Å². The number of thioether (sulfide) groups is 1. The molecule has 4 aliphatic carbocycles. The molecule has 0 atom stereocenters. The summed E-state index contributed by atoms with van der Waals surface area (Å²) in [5.74, 6) is 3.98. The number of Topliss-reactive ketones (excluding diaryl/α,β-unsaturated/α-hetero) is 1. The second-order valence-electron chi connectivity index (χ2n) is 10.3. The van der Waals surface area contributed by atoms with Crippen LogP contribution in [0, 0.1) is 23.2 Å². The summed E-state index contributed by atoms with van der Waals surface area (Å²) in [6.07, 6.45) is 7.39. The van der Waals surface area contributed by atoms with Crippen LogP contribution in [0.15, 0.2) is 59.8 Å². The predicted octanol–water partition coefficient (Wildman–Crippen LogP) is 6.52. The predicted molar refractivity (Wildman–Crippen MR) is 132 cm³/mol. The summed E-state index contributed by atoms with van der Waals surface area (Å²) in [5.41, 5.74) is 1.96. The first-order chi connectivity index (χ1) is 16.1. The Bertz CT molecular complexity index is 1140. The van der Waals surface area contributed by atoms with Crippen molar-refractivity contribution < 1.29 is 4.79 Å². The molecule has 3 aromatic rings. The maximum Gasteiger partial charge on any atom is 0.192 e. The van der Waals surface area contributed by atoms with E-state index in [0.29, 0.717) is 23.1 Å². The van der Waals surface area contributed by atoms with E-state index in [-0.39, 0.29) is 5.41 Å². The normalized spacial score (nSPS) is 27.7. The Morgan fingerprint density at radius 1 is 0.939 bits per heavy atom. The van der Waals surface area contributed by atoms with E-state index in [1.54, 1.807) is 11.8 Å². The van der Waals surface area contributed by atoms with E-state index in [1.165, 1.54) is 24.8 Å². The van der Waals surface area contributed by atoms with Gasteiger partial charge in [-0.2, -0.15) is 0 Å². The van der Waals surface area contributed by atoms with Crippen molar-refractivity contribution >= 4 is 29.1 Å². The maximum atomic E-state index is 13.6. The van der Waals surface area contributed by atoms with Gasteiger partial charge in [-0.25, -0.2) is 0 Å². The fourth-order valence-corrected chi connectivity index (χ4v) is 8.07. The minimum absolute atomic E-state index is 0.0718. The van der Waals surface area contributed by atoms with Crippen LogP contribution < -0.4 is 0 Å². The molecule has 170 valence electrons. The van der Waals surface area contributed by atoms with Crippen molar-refractivity contribution in [2.45, 2.75) is 50.2 Å². The number of rotatable bonds is 7. The molecule has 0 N–H and O–H groups in total. The first-order valence-electron chi connectivity index (χ1n) is 12.0. The number of carbonyl (C=O) groups excluding carboxylic acids is 1. The van der Waals surface area contributed by atoms with Crippen molar-refractivity contribution in [1.82, 2.24) is 14.8 Å². The Labute approximate surface area is 204 Å². The van der Waals surface area contributed by atoms with Gasteiger partial charge in [-0.15, -0.1) is 10.2 Å². The van der Waals surface area contributed by atoms with E-state index in [9.17, 15) is 4.79 Å². The molecular weight excluding hydrogens is 450 g/mol. The van der Waals surface area contributed by atoms with Crippen molar-refractivity contribution in [3.05, 3.63) is 65.2 Å². The highest BCUT2D eigenvalue weighted by molar-refractivity contribution is 7.99. The molecular formula is C27H28ClN3OS. The molecule has 7 rings (SSSR count). The zero-order valence-corrected chi connectivity index (χ0v) is 20.2. The Balaban J connectivity index is 1.27. The number of nitrogens with zero attached hydrogens (tertiary/aromatic N) is 3. The van der Waals surface area contributed by atoms with Crippen molar-refractivity contribution in [2.75, 3.05) is 5.75 Å². The largest absolute Gasteiger partial charge is 0.298 e. The molecule has 4 aliphatic rings. The molecule has 0 saturated heterocycles. The number of carbonyl (C=O) groups is 1. The molecule has 33 heavy (non-hydrogen) atoms. The summed E-state index contributed by atoms with van der Waals surface area (Å²) in [6.45, 7) is 0.641. The van der Waals surface area contributed by atoms with Crippen molar-refractivity contribution in [2.24, 2.45) is 23.2 Å². The van der Waals surface area contributed by atoms with Gasteiger partial charge in [0.15, 0.2) is 11.0 Å². The van der Waals surface area contributed by atoms with Gasteiger partial charge in [0.05, 0.1) is 17.3 Å². The fourth-order valence-electron chi connectivity index (χ4n) is 6.88. The summed E-state index contributed by atoms with van der Waals surface area (Å²) in [7, 11) is 0. The van der Waals surface area contributed by atoms with Crippen LogP contribution in [0.25, 0.3) is 11.4 Å². The molecule has 4 saturated carbocycles. The molecule has 4 bridgehead atoms. The van der Waals surface area contributed by atoms with E-state index in [1.807, 2.05) is 42.5 Å². The third-order valence-electron chi connectivity index (χ3n) is 7.98. The van der Waals surface area contributed by atoms with E-state index in [2.05, 4.69) is 26.9 Å². The maximum absolute atomic E-state index is 13.6. The SMILES string of the molecule is O=C(CSc1nnc(-c2ccccc2Cl)n1Cc1ccccc1)C12CC3CC(CC(C3)C1)C2. The molecule has 0 unspecified atom stereocenters. The van der Waals surface area contributed by atoms with Gasteiger partial charge in [0.1, 0.15) is 5.78 Å². The topological polar surface area (TPSA) is 47.8 Å². The Kier molecular flexibility index (Phi) is 5.58. The van der Waals surface area contributed by atoms with Gasteiger partial charge in [0.25, 0.3) is 0 Å². The van der Waals surface area contributed by atoms with Crippen LogP contribution in [0.2, 0.25) is 5.02 Å². The summed E-state index contributed by atoms with van der Waals surface area (Å²) in [4.78, 5) is 13.6. The summed E-state index contributed by atoms with van der Waals surface area (Å²) >= 11 is 8.05. The highest BCUT2D eigenvalue weighted by atomic mass is 35.5. The zero-order valence-electron chi connectivity index (χ0n) is 18.6. The van der Waals surface area contributed by atoms with E-state index in [0.717, 1.165) is 53.6 Å². The lowest BCUT2D eigenvalue weighted by atomic mass is 9.48. The molecule has 4 nitrogen and oxygen atoms in total. The molecule has 0 amide bonds. The molecule has 4 fully saturated rings. The Morgan fingerprint density at radius 2 is 1.58 bits per heavy atom. The van der Waals surface area contributed by atoms with Gasteiger partial charge in [0.2, 0.25) is 0 Å². The van der Waals surface area contributed by atoms with Crippen LogP contribution in [-0.4, -0.2) is 26.3 Å². The molecule has 2 aromatic carbocycles. The van der Waals surface area contributed by atoms with E-state index >= 15 is 0 Å².